The van der Waals surface area contributed by atoms with Crippen molar-refractivity contribution in [2.24, 2.45) is 0 Å². The van der Waals surface area contributed by atoms with E-state index in [2.05, 4.69) is 0 Å². The number of ether oxygens (including phenoxy) is 1. The molecule has 0 saturated carbocycles. The van der Waals surface area contributed by atoms with Gasteiger partial charge in [-0.2, -0.15) is 0 Å². The number of aliphatic carboxylic acids is 1. The summed E-state index contributed by atoms with van der Waals surface area (Å²) in [7, 11) is 1.51. The second-order valence-corrected chi connectivity index (χ2v) is 3.08. The van der Waals surface area contributed by atoms with Crippen LogP contribution in [0.15, 0.2) is 18.2 Å². The summed E-state index contributed by atoms with van der Waals surface area (Å²) in [4.78, 5) is 21.1. The van der Waals surface area contributed by atoms with Crippen molar-refractivity contribution in [2.45, 2.75) is 12.8 Å². The summed E-state index contributed by atoms with van der Waals surface area (Å²) in [6.45, 7) is 0. The Morgan fingerprint density at radius 3 is 2.80 bits per heavy atom. The fourth-order valence-electron chi connectivity index (χ4n) is 1.28. The molecular weight excluding hydrogens is 196 g/mol. The maximum atomic E-state index is 10.7. The minimum atomic E-state index is -0.873. The standard InChI is InChI=1S/C11H12O4/c1-15-10-4-2-8(3-5-11(13)14)9(6-10)7-12/h2,4,6-7H,3,5H2,1H3,(H,13,14). The first-order valence-electron chi connectivity index (χ1n) is 4.51. The van der Waals surface area contributed by atoms with Gasteiger partial charge < -0.3 is 9.84 Å². The predicted octanol–water partition coefficient (Wildman–Crippen LogP) is 1.52. The fraction of sp³-hybridized carbons (Fsp3) is 0.273. The molecule has 0 aliphatic heterocycles. The SMILES string of the molecule is COc1ccc(CCC(=O)O)c(C=O)c1. The van der Waals surface area contributed by atoms with E-state index in [4.69, 9.17) is 9.84 Å². The molecule has 4 heteroatoms. The van der Waals surface area contributed by atoms with Crippen LogP contribution in [0.1, 0.15) is 22.3 Å². The Morgan fingerprint density at radius 2 is 2.27 bits per heavy atom. The highest BCUT2D eigenvalue weighted by Gasteiger charge is 2.05. The molecule has 0 atom stereocenters. The average molecular weight is 208 g/mol. The molecule has 0 amide bonds. The highest BCUT2D eigenvalue weighted by atomic mass is 16.5. The monoisotopic (exact) mass is 208 g/mol. The lowest BCUT2D eigenvalue weighted by molar-refractivity contribution is -0.136. The van der Waals surface area contributed by atoms with Crippen LogP contribution in [-0.2, 0) is 11.2 Å². The molecule has 0 spiro atoms. The van der Waals surface area contributed by atoms with Gasteiger partial charge in [0.05, 0.1) is 7.11 Å². The first kappa shape index (κ1) is 11.2. The fourth-order valence-corrected chi connectivity index (χ4v) is 1.28. The Bertz CT molecular complexity index is 371. The van der Waals surface area contributed by atoms with Crippen LogP contribution in [0.25, 0.3) is 0 Å². The van der Waals surface area contributed by atoms with Crippen LogP contribution in [0.3, 0.4) is 0 Å². The van der Waals surface area contributed by atoms with E-state index in [1.165, 1.54) is 7.11 Å². The Labute approximate surface area is 87.5 Å². The molecule has 0 saturated heterocycles. The summed E-state index contributed by atoms with van der Waals surface area (Å²) in [6.07, 6.45) is 1.08. The molecule has 0 aliphatic carbocycles. The van der Waals surface area contributed by atoms with E-state index in [-0.39, 0.29) is 6.42 Å². The number of methoxy groups -OCH3 is 1. The maximum absolute atomic E-state index is 10.7. The molecule has 0 fully saturated rings. The number of aryl methyl sites for hydroxylation is 1. The lowest BCUT2D eigenvalue weighted by Gasteiger charge is -2.05. The van der Waals surface area contributed by atoms with Crippen LogP contribution in [-0.4, -0.2) is 24.5 Å². The van der Waals surface area contributed by atoms with Crippen molar-refractivity contribution in [3.8, 4) is 5.75 Å². The van der Waals surface area contributed by atoms with Crippen molar-refractivity contribution in [1.82, 2.24) is 0 Å². The molecule has 0 heterocycles. The lowest BCUT2D eigenvalue weighted by atomic mass is 10.0. The number of carboxylic acid groups (broad SMARTS) is 1. The van der Waals surface area contributed by atoms with Crippen molar-refractivity contribution in [3.63, 3.8) is 0 Å². The first-order valence-corrected chi connectivity index (χ1v) is 4.51. The van der Waals surface area contributed by atoms with Gasteiger partial charge in [0, 0.05) is 12.0 Å². The van der Waals surface area contributed by atoms with Gasteiger partial charge in [0.25, 0.3) is 0 Å². The number of hydrogen-bond donors (Lipinski definition) is 1. The number of hydrogen-bond acceptors (Lipinski definition) is 3. The molecule has 15 heavy (non-hydrogen) atoms. The summed E-state index contributed by atoms with van der Waals surface area (Å²) in [6, 6.07) is 5.03. The third-order valence-electron chi connectivity index (χ3n) is 2.09. The van der Waals surface area contributed by atoms with Crippen LogP contribution in [0, 0.1) is 0 Å². The number of carbonyl (C=O) groups is 2. The summed E-state index contributed by atoms with van der Waals surface area (Å²) >= 11 is 0. The van der Waals surface area contributed by atoms with Gasteiger partial charge in [-0.05, 0) is 24.1 Å². The van der Waals surface area contributed by atoms with Crippen molar-refractivity contribution < 1.29 is 19.4 Å². The Morgan fingerprint density at radius 1 is 1.53 bits per heavy atom. The molecule has 4 nitrogen and oxygen atoms in total. The van der Waals surface area contributed by atoms with E-state index in [9.17, 15) is 9.59 Å². The van der Waals surface area contributed by atoms with Crippen molar-refractivity contribution in [1.29, 1.82) is 0 Å². The van der Waals surface area contributed by atoms with Gasteiger partial charge in [0.2, 0.25) is 0 Å². The summed E-state index contributed by atoms with van der Waals surface area (Å²) in [5.74, 6) is -0.279. The summed E-state index contributed by atoms with van der Waals surface area (Å²) in [5.41, 5.74) is 1.21. The minimum Gasteiger partial charge on any atom is -0.497 e. The normalized spacial score (nSPS) is 9.67. The first-order chi connectivity index (χ1) is 7.17. The van der Waals surface area contributed by atoms with Crippen molar-refractivity contribution >= 4 is 12.3 Å². The number of rotatable bonds is 5. The van der Waals surface area contributed by atoms with Gasteiger partial charge in [0.1, 0.15) is 12.0 Å². The highest BCUT2D eigenvalue weighted by molar-refractivity contribution is 5.78. The molecule has 0 bridgehead atoms. The molecule has 0 aliphatic rings. The minimum absolute atomic E-state index is 0.0210. The third-order valence-corrected chi connectivity index (χ3v) is 2.09. The van der Waals surface area contributed by atoms with E-state index in [0.29, 0.717) is 24.0 Å². The van der Waals surface area contributed by atoms with Gasteiger partial charge in [-0.25, -0.2) is 0 Å². The van der Waals surface area contributed by atoms with E-state index in [1.54, 1.807) is 18.2 Å². The zero-order valence-electron chi connectivity index (χ0n) is 8.40. The van der Waals surface area contributed by atoms with Crippen LogP contribution in [0.2, 0.25) is 0 Å². The predicted molar refractivity (Wildman–Crippen MR) is 54.3 cm³/mol. The highest BCUT2D eigenvalue weighted by Crippen LogP contribution is 2.17. The molecule has 0 unspecified atom stereocenters. The van der Waals surface area contributed by atoms with Gasteiger partial charge >= 0.3 is 5.97 Å². The molecule has 1 N–H and O–H groups in total. The molecule has 1 aromatic carbocycles. The Kier molecular flexibility index (Phi) is 3.85. The van der Waals surface area contributed by atoms with Crippen LogP contribution >= 0.6 is 0 Å². The zero-order valence-corrected chi connectivity index (χ0v) is 8.40. The largest absolute Gasteiger partial charge is 0.497 e. The van der Waals surface area contributed by atoms with Gasteiger partial charge in [-0.1, -0.05) is 6.07 Å². The number of aldehydes is 1. The van der Waals surface area contributed by atoms with Crippen molar-refractivity contribution in [2.75, 3.05) is 7.11 Å². The molecule has 0 aromatic heterocycles. The van der Waals surface area contributed by atoms with Gasteiger partial charge in [0.15, 0.2) is 0 Å². The van der Waals surface area contributed by atoms with Gasteiger partial charge in [-0.15, -0.1) is 0 Å². The molecule has 1 rings (SSSR count). The second kappa shape index (κ2) is 5.14. The summed E-state index contributed by atoms with van der Waals surface area (Å²) in [5, 5.41) is 8.53. The topological polar surface area (TPSA) is 63.6 Å². The molecule has 0 radical (unpaired) electrons. The second-order valence-electron chi connectivity index (χ2n) is 3.08. The number of carboxylic acids is 1. The number of carbonyl (C=O) groups excluding carboxylic acids is 1. The van der Waals surface area contributed by atoms with Crippen molar-refractivity contribution in [3.05, 3.63) is 29.3 Å². The van der Waals surface area contributed by atoms with Crippen LogP contribution < -0.4 is 4.74 Å². The molecular formula is C11H12O4. The third kappa shape index (κ3) is 3.09. The number of benzene rings is 1. The smallest absolute Gasteiger partial charge is 0.303 e. The zero-order chi connectivity index (χ0) is 11.3. The van der Waals surface area contributed by atoms with Crippen LogP contribution in [0.5, 0.6) is 5.75 Å². The molecule has 1 aromatic rings. The Balaban J connectivity index is 2.87. The van der Waals surface area contributed by atoms with E-state index in [0.717, 1.165) is 5.56 Å². The van der Waals surface area contributed by atoms with Crippen LogP contribution in [0.4, 0.5) is 0 Å². The van der Waals surface area contributed by atoms with E-state index >= 15 is 0 Å². The van der Waals surface area contributed by atoms with E-state index < -0.39 is 5.97 Å². The molecule has 80 valence electrons. The Hall–Kier alpha value is -1.84. The van der Waals surface area contributed by atoms with E-state index in [1.807, 2.05) is 0 Å². The average Bonchev–Trinajstić information content (AvgIpc) is 2.25. The quantitative estimate of drug-likeness (QED) is 0.745. The van der Waals surface area contributed by atoms with Gasteiger partial charge in [-0.3, -0.25) is 9.59 Å². The lowest BCUT2D eigenvalue weighted by Crippen LogP contribution is -2.00. The summed E-state index contributed by atoms with van der Waals surface area (Å²) < 4.78 is 4.96. The maximum Gasteiger partial charge on any atom is 0.303 e.